The molecular formula is C48H64ClN7O7. The van der Waals surface area contributed by atoms with Gasteiger partial charge in [0.2, 0.25) is 12.3 Å². The smallest absolute Gasteiger partial charge is 0.298 e. The lowest BCUT2D eigenvalue weighted by Crippen LogP contribution is -2.49. The van der Waals surface area contributed by atoms with Crippen LogP contribution in [0.5, 0.6) is 11.5 Å². The molecule has 2 saturated heterocycles. The summed E-state index contributed by atoms with van der Waals surface area (Å²) in [5.41, 5.74) is 3.24. The number of ether oxygens (including phenoxy) is 2. The predicted molar refractivity (Wildman–Crippen MR) is 247 cm³/mol. The molecule has 3 amide bonds. The number of rotatable bonds is 20. The van der Waals surface area contributed by atoms with E-state index in [9.17, 15) is 24.0 Å². The van der Waals surface area contributed by atoms with Gasteiger partial charge in [0, 0.05) is 101 Å². The average molecular weight is 887 g/mol. The Labute approximate surface area is 378 Å². The quantitative estimate of drug-likeness (QED) is 0.120. The number of aldehydes is 1. The van der Waals surface area contributed by atoms with E-state index in [-0.39, 0.29) is 24.5 Å². The molecule has 3 aromatic rings. The molecule has 0 radical (unpaired) electrons. The summed E-state index contributed by atoms with van der Waals surface area (Å²) in [6.07, 6.45) is 6.17. The third kappa shape index (κ3) is 15.4. The van der Waals surface area contributed by atoms with Crippen LogP contribution in [0.25, 0.3) is 0 Å². The van der Waals surface area contributed by atoms with Gasteiger partial charge in [0.15, 0.2) is 6.29 Å². The minimum Gasteiger partial charge on any atom is -0.489 e. The first-order chi connectivity index (χ1) is 30.3. The van der Waals surface area contributed by atoms with E-state index in [1.807, 2.05) is 50.2 Å². The minimum atomic E-state index is -0.391. The number of hydrogen-bond donors (Lipinski definition) is 1. The van der Waals surface area contributed by atoms with E-state index in [2.05, 4.69) is 45.8 Å². The average Bonchev–Trinajstić information content (AvgIpc) is 3.29. The van der Waals surface area contributed by atoms with Crippen molar-refractivity contribution < 1.29 is 33.4 Å². The third-order valence-corrected chi connectivity index (χ3v) is 12.4. The van der Waals surface area contributed by atoms with E-state index in [4.69, 9.17) is 26.3 Å². The number of piperidine rings is 1. The van der Waals surface area contributed by atoms with Gasteiger partial charge in [0.05, 0.1) is 16.1 Å². The first kappa shape index (κ1) is 50.2. The third-order valence-electron chi connectivity index (χ3n) is 12.0. The van der Waals surface area contributed by atoms with Crippen molar-refractivity contribution >= 4 is 54.0 Å². The van der Waals surface area contributed by atoms with Gasteiger partial charge >= 0.3 is 0 Å². The molecule has 0 aromatic heterocycles. The second kappa shape index (κ2) is 25.6. The Morgan fingerprint density at radius 3 is 2.13 bits per heavy atom. The second-order valence-corrected chi connectivity index (χ2v) is 17.0. The van der Waals surface area contributed by atoms with E-state index in [1.165, 1.54) is 17.7 Å². The number of anilines is 2. The van der Waals surface area contributed by atoms with E-state index >= 15 is 0 Å². The van der Waals surface area contributed by atoms with E-state index in [1.54, 1.807) is 37.4 Å². The van der Waals surface area contributed by atoms with E-state index < -0.39 is 5.91 Å². The van der Waals surface area contributed by atoms with Crippen molar-refractivity contribution in [3.05, 3.63) is 82.4 Å². The first-order valence-corrected chi connectivity index (χ1v) is 22.3. The van der Waals surface area contributed by atoms with Crippen LogP contribution in [-0.2, 0) is 14.4 Å². The van der Waals surface area contributed by atoms with Crippen LogP contribution >= 0.6 is 11.6 Å². The number of imide groups is 1. The van der Waals surface area contributed by atoms with Crippen LogP contribution in [0.4, 0.5) is 11.4 Å². The molecule has 15 heteroatoms. The largest absolute Gasteiger partial charge is 0.489 e. The van der Waals surface area contributed by atoms with Gasteiger partial charge in [-0.3, -0.25) is 34.2 Å². The molecule has 0 bridgehead atoms. The zero-order chi connectivity index (χ0) is 45.9. The van der Waals surface area contributed by atoms with Gasteiger partial charge in [-0.1, -0.05) is 24.9 Å². The maximum atomic E-state index is 13.2. The molecule has 3 aromatic carbocycles. The van der Waals surface area contributed by atoms with Crippen LogP contribution < -0.4 is 24.6 Å². The lowest BCUT2D eigenvalue weighted by Gasteiger charge is -2.40. The highest BCUT2D eigenvalue weighted by Gasteiger charge is 2.26. The lowest BCUT2D eigenvalue weighted by molar-refractivity contribution is -0.125. The number of amides is 3. The molecule has 1 N–H and O–H groups in total. The van der Waals surface area contributed by atoms with Crippen molar-refractivity contribution in [3.63, 3.8) is 0 Å². The molecule has 5 rings (SSSR count). The minimum absolute atomic E-state index is 0.0725. The van der Waals surface area contributed by atoms with Gasteiger partial charge < -0.3 is 29.1 Å². The Morgan fingerprint density at radius 2 is 1.52 bits per heavy atom. The molecule has 2 heterocycles. The number of carbonyl (C=O) groups excluding carboxylic acids is 5. The number of carbonyl (C=O) groups is 5. The maximum Gasteiger partial charge on any atom is 0.298 e. The topological polar surface area (TPSA) is 156 Å². The monoisotopic (exact) mass is 885 g/mol. The number of nitrogens with one attached hydrogen (secondary N) is 1. The fourth-order valence-electron chi connectivity index (χ4n) is 7.97. The molecule has 63 heavy (non-hydrogen) atoms. The lowest BCUT2D eigenvalue weighted by atomic mass is 9.95. The molecular weight excluding hydrogens is 822 g/mol. The van der Waals surface area contributed by atoms with Crippen LogP contribution in [0.3, 0.4) is 0 Å². The number of halogens is 1. The summed E-state index contributed by atoms with van der Waals surface area (Å²) in [7, 11) is 3.77. The summed E-state index contributed by atoms with van der Waals surface area (Å²) in [5.74, 6) is 1.19. The summed E-state index contributed by atoms with van der Waals surface area (Å²) in [4.78, 5) is 68.7. The molecule has 0 aliphatic carbocycles. The van der Waals surface area contributed by atoms with Gasteiger partial charge in [-0.25, -0.2) is 0 Å². The highest BCUT2D eigenvalue weighted by atomic mass is 35.5. The molecule has 2 aliphatic rings. The van der Waals surface area contributed by atoms with Gasteiger partial charge in [-0.05, 0) is 114 Å². The molecule has 0 spiro atoms. The van der Waals surface area contributed by atoms with E-state index in [0.717, 1.165) is 82.9 Å². The molecule has 0 saturated carbocycles. The van der Waals surface area contributed by atoms with E-state index in [0.29, 0.717) is 64.5 Å². The van der Waals surface area contributed by atoms with Crippen molar-refractivity contribution in [2.75, 3.05) is 76.3 Å². The Bertz CT molecular complexity index is 2000. The number of nitrogens with zero attached hydrogens (tertiary/aromatic N) is 6. The Kier molecular flexibility index (Phi) is 20.4. The van der Waals surface area contributed by atoms with Gasteiger partial charge in [0.25, 0.3) is 12.4 Å². The number of likely N-dealkylation sites (N-methyl/N-ethyl adjacent to an activating group) is 1. The number of nitriles is 1. The summed E-state index contributed by atoms with van der Waals surface area (Å²) >= 11 is 6.00. The van der Waals surface area contributed by atoms with Gasteiger partial charge in [0.1, 0.15) is 23.7 Å². The molecule has 2 fully saturated rings. The summed E-state index contributed by atoms with van der Waals surface area (Å²) in [6.45, 7) is 16.4. The Hall–Kier alpha value is -5.49. The maximum absolute atomic E-state index is 13.2. The van der Waals surface area contributed by atoms with Crippen molar-refractivity contribution in [2.45, 2.75) is 84.4 Å². The van der Waals surface area contributed by atoms with Crippen molar-refractivity contribution in [2.24, 2.45) is 5.92 Å². The fourth-order valence-corrected chi connectivity index (χ4v) is 8.19. The van der Waals surface area contributed by atoms with Crippen molar-refractivity contribution in [1.29, 1.82) is 5.26 Å². The first-order valence-electron chi connectivity index (χ1n) is 21.9. The van der Waals surface area contributed by atoms with Crippen LogP contribution in [0.15, 0.2) is 60.7 Å². The Balaban J connectivity index is 0.000000365. The zero-order valence-electron chi connectivity index (χ0n) is 37.6. The fraction of sp³-hybridized carbons (Fsp3) is 0.500. The zero-order valence-corrected chi connectivity index (χ0v) is 38.4. The number of piperazine rings is 1. The van der Waals surface area contributed by atoms with Gasteiger partial charge in [-0.2, -0.15) is 5.26 Å². The molecule has 3 unspecified atom stereocenters. The highest BCUT2D eigenvalue weighted by Crippen LogP contribution is 2.28. The molecule has 2 aliphatic heterocycles. The summed E-state index contributed by atoms with van der Waals surface area (Å²) in [5, 5.41) is 11.4. The number of benzene rings is 3. The van der Waals surface area contributed by atoms with Crippen molar-refractivity contribution in [1.82, 2.24) is 20.0 Å². The molecule has 14 nitrogen and oxygen atoms in total. The predicted octanol–water partition coefficient (Wildman–Crippen LogP) is 6.69. The van der Waals surface area contributed by atoms with Gasteiger partial charge in [-0.15, -0.1) is 0 Å². The van der Waals surface area contributed by atoms with Crippen LogP contribution in [0.1, 0.15) is 92.5 Å². The molecule has 3 atom stereocenters. The molecule has 340 valence electrons. The highest BCUT2D eigenvalue weighted by molar-refractivity contribution is 6.31. The summed E-state index contributed by atoms with van der Waals surface area (Å²) < 4.78 is 10.7. The normalized spacial score (nSPS) is 15.8. The van der Waals surface area contributed by atoms with Crippen LogP contribution in [0.2, 0.25) is 5.02 Å². The van der Waals surface area contributed by atoms with Crippen LogP contribution in [0, 0.1) is 17.2 Å². The SMILES string of the molecule is CC(CCC(=O)NC=O)N(C)C(=O)c1ccc(N2CCC(CN3CCN(c4ccc(OC=O)cc4)CC3)CC2)cc1C=O.CCCC(C)N(C)CC(C)Oc1ccc(C#N)c(Cl)c1. The summed E-state index contributed by atoms with van der Waals surface area (Å²) in [6, 6.07) is 20.6. The number of hydrogen-bond acceptors (Lipinski definition) is 12. The van der Waals surface area contributed by atoms with Crippen molar-refractivity contribution in [3.8, 4) is 17.6 Å². The Morgan fingerprint density at radius 1 is 0.873 bits per heavy atom. The standard InChI is InChI=1S/C32H41N5O6.C16H23ClN2O/c1-24(3-10-31(41)33-22-39)34(2)32(42)30-9-6-28(19-26(30)21-38)36-13-11-25(12-14-36)20-35-15-17-37(18-16-35)27-4-7-29(8-5-27)43-23-40;1-5-6-12(2)19(4)11-13(3)20-15-8-7-14(10-18)16(17)9-15/h4-9,19,21-25H,3,10-18,20H2,1-2H3,(H,33,39,41);7-9,12-13H,5-6,11H2,1-4H3. The van der Waals surface area contributed by atoms with Crippen LogP contribution in [-0.4, -0.2) is 130 Å². The second-order valence-electron chi connectivity index (χ2n) is 16.6.